The zero-order chi connectivity index (χ0) is 11.3. The van der Waals surface area contributed by atoms with Gasteiger partial charge in [-0.05, 0) is 14.0 Å². The smallest absolute Gasteiger partial charge is 0.169 e. The van der Waals surface area contributed by atoms with Crippen LogP contribution in [0.25, 0.3) is 0 Å². The van der Waals surface area contributed by atoms with E-state index in [1.54, 1.807) is 25.6 Å². The van der Waals surface area contributed by atoms with E-state index in [2.05, 4.69) is 15.3 Å². The van der Waals surface area contributed by atoms with E-state index in [-0.39, 0.29) is 6.29 Å². The molecule has 15 heavy (non-hydrogen) atoms. The molecule has 0 bridgehead atoms. The fraction of sp³-hybridized carbons (Fsp3) is 0.700. The summed E-state index contributed by atoms with van der Waals surface area (Å²) in [7, 11) is 5.32. The van der Waals surface area contributed by atoms with Gasteiger partial charge in [-0.3, -0.25) is 4.90 Å². The molecule has 0 aliphatic heterocycles. The topological polar surface area (TPSA) is 34.6 Å². The van der Waals surface area contributed by atoms with Crippen molar-refractivity contribution in [3.8, 4) is 0 Å². The normalized spacial score (nSPS) is 11.6. The van der Waals surface area contributed by atoms with Gasteiger partial charge in [-0.15, -0.1) is 11.3 Å². The summed E-state index contributed by atoms with van der Waals surface area (Å²) in [5.74, 6) is 0. The van der Waals surface area contributed by atoms with Crippen molar-refractivity contribution in [2.45, 2.75) is 19.8 Å². The van der Waals surface area contributed by atoms with Crippen LogP contribution >= 0.6 is 11.3 Å². The summed E-state index contributed by atoms with van der Waals surface area (Å²) < 4.78 is 10.3. The Balaban J connectivity index is 2.38. The van der Waals surface area contributed by atoms with Crippen LogP contribution in [0.4, 0.5) is 0 Å². The second-order valence-electron chi connectivity index (χ2n) is 3.46. The second-order valence-corrected chi connectivity index (χ2v) is 4.52. The van der Waals surface area contributed by atoms with E-state index in [0.29, 0.717) is 0 Å². The minimum atomic E-state index is -0.172. The van der Waals surface area contributed by atoms with Crippen LogP contribution in [0.2, 0.25) is 0 Å². The fourth-order valence-corrected chi connectivity index (χ4v) is 1.93. The van der Waals surface area contributed by atoms with Crippen molar-refractivity contribution in [3.05, 3.63) is 16.1 Å². The maximum Gasteiger partial charge on any atom is 0.169 e. The second kappa shape index (κ2) is 6.17. The van der Waals surface area contributed by atoms with Crippen LogP contribution < -0.4 is 0 Å². The average Bonchev–Trinajstić information content (AvgIpc) is 2.60. The van der Waals surface area contributed by atoms with Crippen LogP contribution in [0.3, 0.4) is 0 Å². The molecule has 1 heterocycles. The van der Waals surface area contributed by atoms with E-state index in [4.69, 9.17) is 9.47 Å². The number of aromatic nitrogens is 1. The van der Waals surface area contributed by atoms with Crippen molar-refractivity contribution >= 4 is 11.3 Å². The van der Waals surface area contributed by atoms with Gasteiger partial charge in [0, 0.05) is 32.7 Å². The highest BCUT2D eigenvalue weighted by Gasteiger charge is 2.10. The summed E-state index contributed by atoms with van der Waals surface area (Å²) in [6, 6.07) is 0. The van der Waals surface area contributed by atoms with Crippen molar-refractivity contribution in [2.24, 2.45) is 0 Å². The first-order chi connectivity index (χ1) is 7.15. The van der Waals surface area contributed by atoms with Gasteiger partial charge in [-0.25, -0.2) is 4.98 Å². The Morgan fingerprint density at radius 1 is 1.47 bits per heavy atom. The third-order valence-electron chi connectivity index (χ3n) is 2.09. The van der Waals surface area contributed by atoms with Gasteiger partial charge in [0.05, 0.1) is 10.7 Å². The Hall–Kier alpha value is -0.490. The highest BCUT2D eigenvalue weighted by molar-refractivity contribution is 7.09. The summed E-state index contributed by atoms with van der Waals surface area (Å²) in [5.41, 5.74) is 1.10. The van der Waals surface area contributed by atoms with Crippen LogP contribution in [-0.4, -0.2) is 44.0 Å². The van der Waals surface area contributed by atoms with Crippen LogP contribution in [0.1, 0.15) is 10.7 Å². The van der Waals surface area contributed by atoms with E-state index >= 15 is 0 Å². The van der Waals surface area contributed by atoms with E-state index in [1.165, 1.54) is 0 Å². The Labute approximate surface area is 94.8 Å². The van der Waals surface area contributed by atoms with E-state index in [1.807, 2.05) is 14.0 Å². The van der Waals surface area contributed by atoms with Gasteiger partial charge in [0.15, 0.2) is 6.29 Å². The zero-order valence-corrected chi connectivity index (χ0v) is 10.5. The number of likely N-dealkylation sites (N-methyl/N-ethyl adjacent to an activating group) is 1. The number of methoxy groups -OCH3 is 2. The van der Waals surface area contributed by atoms with Crippen molar-refractivity contribution in [1.82, 2.24) is 9.88 Å². The van der Waals surface area contributed by atoms with Gasteiger partial charge in [0.2, 0.25) is 0 Å². The number of hydrogen-bond acceptors (Lipinski definition) is 5. The average molecular weight is 230 g/mol. The maximum atomic E-state index is 5.13. The number of ether oxygens (including phenoxy) is 2. The standard InChI is InChI=1S/C10H18N2O2S/c1-8-11-9(7-15-8)5-12(2)6-10(13-3)14-4/h7,10H,5-6H2,1-4H3. The number of aryl methyl sites for hydroxylation is 1. The van der Waals surface area contributed by atoms with Gasteiger partial charge in [-0.2, -0.15) is 0 Å². The fourth-order valence-electron chi connectivity index (χ4n) is 1.32. The molecule has 0 N–H and O–H groups in total. The zero-order valence-electron chi connectivity index (χ0n) is 9.69. The molecule has 0 radical (unpaired) electrons. The molecule has 1 rings (SSSR count). The molecule has 0 fully saturated rings. The van der Waals surface area contributed by atoms with Gasteiger partial charge in [0.25, 0.3) is 0 Å². The Morgan fingerprint density at radius 3 is 2.60 bits per heavy atom. The van der Waals surface area contributed by atoms with Crippen molar-refractivity contribution in [3.63, 3.8) is 0 Å². The molecule has 0 saturated heterocycles. The number of nitrogens with zero attached hydrogens (tertiary/aromatic N) is 2. The molecular formula is C10H18N2O2S. The highest BCUT2D eigenvalue weighted by Crippen LogP contribution is 2.10. The SMILES string of the molecule is COC(CN(C)Cc1csc(C)n1)OC. The molecule has 0 saturated carbocycles. The first-order valence-electron chi connectivity index (χ1n) is 4.81. The van der Waals surface area contributed by atoms with Crippen molar-refractivity contribution in [2.75, 3.05) is 27.8 Å². The first-order valence-corrected chi connectivity index (χ1v) is 5.68. The van der Waals surface area contributed by atoms with E-state index in [9.17, 15) is 0 Å². The van der Waals surface area contributed by atoms with Gasteiger partial charge < -0.3 is 9.47 Å². The minimum absolute atomic E-state index is 0.172. The summed E-state index contributed by atoms with van der Waals surface area (Å²) in [4.78, 5) is 6.54. The van der Waals surface area contributed by atoms with E-state index < -0.39 is 0 Å². The lowest BCUT2D eigenvalue weighted by molar-refractivity contribution is -0.114. The third kappa shape index (κ3) is 4.25. The summed E-state index contributed by atoms with van der Waals surface area (Å²) in [6.07, 6.45) is -0.172. The van der Waals surface area contributed by atoms with E-state index in [0.717, 1.165) is 23.8 Å². The first kappa shape index (κ1) is 12.6. The highest BCUT2D eigenvalue weighted by atomic mass is 32.1. The molecule has 86 valence electrons. The predicted octanol–water partition coefficient (Wildman–Crippen LogP) is 1.50. The molecule has 0 aliphatic rings. The van der Waals surface area contributed by atoms with Crippen LogP contribution in [0.15, 0.2) is 5.38 Å². The Bertz CT molecular complexity index is 287. The molecular weight excluding hydrogens is 212 g/mol. The molecule has 0 unspecified atom stereocenters. The summed E-state index contributed by atoms with van der Waals surface area (Å²) >= 11 is 1.68. The molecule has 0 spiro atoms. The van der Waals surface area contributed by atoms with Gasteiger partial charge >= 0.3 is 0 Å². The largest absolute Gasteiger partial charge is 0.355 e. The minimum Gasteiger partial charge on any atom is -0.355 e. The lowest BCUT2D eigenvalue weighted by atomic mass is 10.4. The van der Waals surface area contributed by atoms with Gasteiger partial charge in [0.1, 0.15) is 0 Å². The molecule has 0 atom stereocenters. The molecule has 4 nitrogen and oxygen atoms in total. The maximum absolute atomic E-state index is 5.13. The Morgan fingerprint density at radius 2 is 2.13 bits per heavy atom. The molecule has 1 aromatic heterocycles. The molecule has 0 aromatic carbocycles. The molecule has 0 amide bonds. The van der Waals surface area contributed by atoms with Crippen LogP contribution in [0.5, 0.6) is 0 Å². The summed E-state index contributed by atoms with van der Waals surface area (Å²) in [5, 5.41) is 3.19. The van der Waals surface area contributed by atoms with Crippen LogP contribution in [-0.2, 0) is 16.0 Å². The number of hydrogen-bond donors (Lipinski definition) is 0. The molecule has 5 heteroatoms. The third-order valence-corrected chi connectivity index (χ3v) is 2.91. The van der Waals surface area contributed by atoms with Crippen molar-refractivity contribution in [1.29, 1.82) is 0 Å². The lowest BCUT2D eigenvalue weighted by Gasteiger charge is -2.20. The summed E-state index contributed by atoms with van der Waals surface area (Å²) in [6.45, 7) is 3.58. The Kier molecular flexibility index (Phi) is 5.17. The monoisotopic (exact) mass is 230 g/mol. The molecule has 0 aliphatic carbocycles. The number of rotatable bonds is 6. The van der Waals surface area contributed by atoms with Crippen LogP contribution in [0, 0.1) is 6.92 Å². The lowest BCUT2D eigenvalue weighted by Crippen LogP contribution is -2.31. The molecule has 1 aromatic rings. The van der Waals surface area contributed by atoms with Crippen molar-refractivity contribution < 1.29 is 9.47 Å². The number of thiazole rings is 1. The van der Waals surface area contributed by atoms with Gasteiger partial charge in [-0.1, -0.05) is 0 Å². The quantitative estimate of drug-likeness (QED) is 0.694. The predicted molar refractivity (Wildman–Crippen MR) is 61.0 cm³/mol.